The molecule has 0 fully saturated rings. The number of aliphatic hydroxyl groups is 1. The van der Waals surface area contributed by atoms with Crippen molar-refractivity contribution in [2.75, 3.05) is 19.8 Å². The van der Waals surface area contributed by atoms with Gasteiger partial charge in [-0.2, -0.15) is 0 Å². The van der Waals surface area contributed by atoms with Crippen molar-refractivity contribution in [1.82, 2.24) is 0 Å². The van der Waals surface area contributed by atoms with Gasteiger partial charge in [0.05, 0.1) is 6.61 Å². The molecule has 0 rings (SSSR count). The summed E-state index contributed by atoms with van der Waals surface area (Å²) in [5, 5.41) is 8.77. The SMILES string of the molecule is CCCCCCCC/C=C\CCCCCCCCCC(=O)O[C@H](COC(=O)CCC/C=C\C/C=C\C/C=C\C/C=C\CCCCCO)COP(=O)(O)O. The zero-order valence-corrected chi connectivity index (χ0v) is 34.0. The van der Waals surface area contributed by atoms with Crippen molar-refractivity contribution in [3.63, 3.8) is 0 Å². The number of hydrogen-bond donors (Lipinski definition) is 3. The van der Waals surface area contributed by atoms with Crippen molar-refractivity contribution >= 4 is 19.8 Å². The molecule has 0 aliphatic rings. The molecule has 0 radical (unpaired) electrons. The first-order chi connectivity index (χ1) is 25.8. The van der Waals surface area contributed by atoms with Crippen molar-refractivity contribution in [3.8, 4) is 0 Å². The molecule has 0 heterocycles. The molecule has 0 aliphatic carbocycles. The molecule has 3 N–H and O–H groups in total. The maximum absolute atomic E-state index is 12.4. The van der Waals surface area contributed by atoms with E-state index in [1.54, 1.807) is 0 Å². The van der Waals surface area contributed by atoms with E-state index in [9.17, 15) is 14.2 Å². The molecule has 0 unspecified atom stereocenters. The second-order valence-corrected chi connectivity index (χ2v) is 14.9. The van der Waals surface area contributed by atoms with Gasteiger partial charge in [0.15, 0.2) is 6.10 Å². The van der Waals surface area contributed by atoms with Gasteiger partial charge < -0.3 is 24.4 Å². The fraction of sp³-hybridized carbons (Fsp3) is 0.721. The molecule has 53 heavy (non-hydrogen) atoms. The van der Waals surface area contributed by atoms with E-state index in [2.05, 4.69) is 66.1 Å². The maximum atomic E-state index is 12.4. The lowest BCUT2D eigenvalue weighted by Gasteiger charge is -2.18. The largest absolute Gasteiger partial charge is 0.469 e. The number of aliphatic hydroxyl groups excluding tert-OH is 1. The Morgan fingerprint density at radius 1 is 0.528 bits per heavy atom. The zero-order valence-electron chi connectivity index (χ0n) is 33.1. The molecular weight excluding hydrogens is 691 g/mol. The third-order valence-electron chi connectivity index (χ3n) is 8.56. The highest BCUT2D eigenvalue weighted by Crippen LogP contribution is 2.36. The van der Waals surface area contributed by atoms with Crippen LogP contribution in [0.15, 0.2) is 60.8 Å². The Morgan fingerprint density at radius 3 is 1.45 bits per heavy atom. The number of phosphoric ester groups is 1. The van der Waals surface area contributed by atoms with Gasteiger partial charge in [-0.1, -0.05) is 138 Å². The molecule has 10 heteroatoms. The van der Waals surface area contributed by atoms with Crippen molar-refractivity contribution < 1.29 is 43.0 Å². The van der Waals surface area contributed by atoms with Crippen LogP contribution in [0.4, 0.5) is 0 Å². The average molecular weight is 767 g/mol. The molecule has 0 amide bonds. The number of hydrogen-bond acceptors (Lipinski definition) is 7. The lowest BCUT2D eigenvalue weighted by atomic mass is 10.1. The van der Waals surface area contributed by atoms with E-state index in [-0.39, 0.29) is 26.1 Å². The van der Waals surface area contributed by atoms with Crippen LogP contribution in [0.3, 0.4) is 0 Å². The maximum Gasteiger partial charge on any atom is 0.469 e. The molecule has 0 aromatic carbocycles. The third-order valence-corrected chi connectivity index (χ3v) is 9.05. The number of carbonyl (C=O) groups excluding carboxylic acids is 2. The topological polar surface area (TPSA) is 140 Å². The van der Waals surface area contributed by atoms with Gasteiger partial charge in [0, 0.05) is 19.4 Å². The van der Waals surface area contributed by atoms with Gasteiger partial charge in [-0.3, -0.25) is 14.1 Å². The molecule has 0 aromatic rings. The minimum Gasteiger partial charge on any atom is -0.462 e. The first-order valence-corrected chi connectivity index (χ1v) is 22.2. The molecule has 1 atom stereocenters. The van der Waals surface area contributed by atoms with E-state index in [0.29, 0.717) is 19.3 Å². The van der Waals surface area contributed by atoms with Crippen molar-refractivity contribution in [2.45, 2.75) is 180 Å². The van der Waals surface area contributed by atoms with Crippen LogP contribution in [0, 0.1) is 0 Å². The average Bonchev–Trinajstić information content (AvgIpc) is 3.13. The van der Waals surface area contributed by atoms with Crippen LogP contribution in [0.25, 0.3) is 0 Å². The van der Waals surface area contributed by atoms with Crippen LogP contribution in [0.5, 0.6) is 0 Å². The van der Waals surface area contributed by atoms with Gasteiger partial charge in [0.25, 0.3) is 0 Å². The predicted molar refractivity (Wildman–Crippen MR) is 217 cm³/mol. The Morgan fingerprint density at radius 2 is 0.943 bits per heavy atom. The Bertz CT molecular complexity index is 1040. The van der Waals surface area contributed by atoms with Gasteiger partial charge in [-0.15, -0.1) is 0 Å². The number of unbranched alkanes of at least 4 members (excludes halogenated alkanes) is 17. The van der Waals surface area contributed by atoms with Crippen LogP contribution < -0.4 is 0 Å². The number of rotatable bonds is 38. The van der Waals surface area contributed by atoms with Crippen LogP contribution >= 0.6 is 7.82 Å². The Labute approximate surface area is 322 Å². The second-order valence-electron chi connectivity index (χ2n) is 13.7. The van der Waals surface area contributed by atoms with Gasteiger partial charge in [-0.05, 0) is 83.5 Å². The number of esters is 2. The van der Waals surface area contributed by atoms with Crippen molar-refractivity contribution in [3.05, 3.63) is 60.8 Å². The molecule has 9 nitrogen and oxygen atoms in total. The summed E-state index contributed by atoms with van der Waals surface area (Å²) in [6.07, 6.45) is 46.7. The van der Waals surface area contributed by atoms with Gasteiger partial charge in [0.1, 0.15) is 6.61 Å². The fourth-order valence-electron chi connectivity index (χ4n) is 5.46. The summed E-state index contributed by atoms with van der Waals surface area (Å²) >= 11 is 0. The molecule has 0 spiro atoms. The van der Waals surface area contributed by atoms with Crippen molar-refractivity contribution in [2.24, 2.45) is 0 Å². The number of allylic oxidation sites excluding steroid dienone is 10. The fourth-order valence-corrected chi connectivity index (χ4v) is 5.82. The van der Waals surface area contributed by atoms with E-state index in [4.69, 9.17) is 24.4 Å². The van der Waals surface area contributed by atoms with E-state index < -0.39 is 32.5 Å². The summed E-state index contributed by atoms with van der Waals surface area (Å²) in [5.74, 6) is -0.972. The molecule has 0 saturated heterocycles. The Kier molecular flexibility index (Phi) is 37.7. The molecule has 0 bridgehead atoms. The highest BCUT2D eigenvalue weighted by atomic mass is 31.2. The summed E-state index contributed by atoms with van der Waals surface area (Å²) in [5.41, 5.74) is 0. The lowest BCUT2D eigenvalue weighted by molar-refractivity contribution is -0.161. The van der Waals surface area contributed by atoms with Crippen molar-refractivity contribution in [1.29, 1.82) is 0 Å². The number of phosphoric acid groups is 1. The molecular formula is C43H75O9P. The Balaban J connectivity index is 4.03. The monoisotopic (exact) mass is 767 g/mol. The van der Waals surface area contributed by atoms with Gasteiger partial charge in [0.2, 0.25) is 0 Å². The van der Waals surface area contributed by atoms with E-state index >= 15 is 0 Å². The van der Waals surface area contributed by atoms with Gasteiger partial charge >= 0.3 is 19.8 Å². The summed E-state index contributed by atoms with van der Waals surface area (Å²) in [6, 6.07) is 0. The van der Waals surface area contributed by atoms with Crippen LogP contribution in [0.1, 0.15) is 174 Å². The standard InChI is InChI=1S/C43H75O9P/c1-2-3-4-5-6-7-8-9-10-12-16-19-22-25-28-31-34-37-43(46)52-41(40-51-53(47,48)49)39-50-42(45)36-33-30-27-24-21-18-15-13-11-14-17-20-23-26-29-32-35-38-44/h9-11,14-15,18,20,23-24,27,41,44H,2-8,12-13,16-17,19,21-22,25-26,28-40H2,1H3,(H2,47,48,49)/b10-9-,14-11-,18-15-,23-20-,27-24-/t41-/m1/s1. The summed E-state index contributed by atoms with van der Waals surface area (Å²) < 4.78 is 26.3. The van der Waals surface area contributed by atoms with Crippen LogP contribution in [-0.4, -0.2) is 52.8 Å². The third kappa shape index (κ3) is 42.3. The van der Waals surface area contributed by atoms with E-state index in [0.717, 1.165) is 70.6 Å². The molecule has 306 valence electrons. The van der Waals surface area contributed by atoms with Crippen LogP contribution in [-0.2, 0) is 28.2 Å². The first kappa shape index (κ1) is 50.7. The van der Waals surface area contributed by atoms with E-state index in [1.165, 1.54) is 64.2 Å². The predicted octanol–water partition coefficient (Wildman–Crippen LogP) is 11.5. The normalized spacial score (nSPS) is 13.1. The lowest BCUT2D eigenvalue weighted by Crippen LogP contribution is -2.29. The highest BCUT2D eigenvalue weighted by Gasteiger charge is 2.22. The summed E-state index contributed by atoms with van der Waals surface area (Å²) in [6.45, 7) is 1.64. The number of carbonyl (C=O) groups is 2. The zero-order chi connectivity index (χ0) is 38.9. The minimum absolute atomic E-state index is 0.179. The minimum atomic E-state index is -4.77. The second kappa shape index (κ2) is 39.4. The number of ether oxygens (including phenoxy) is 2. The molecule has 0 aliphatic heterocycles. The summed E-state index contributed by atoms with van der Waals surface area (Å²) in [7, 11) is -4.77. The first-order valence-electron chi connectivity index (χ1n) is 20.7. The van der Waals surface area contributed by atoms with E-state index in [1.807, 2.05) is 6.08 Å². The molecule has 0 aromatic heterocycles. The highest BCUT2D eigenvalue weighted by molar-refractivity contribution is 7.46. The van der Waals surface area contributed by atoms with Crippen LogP contribution in [0.2, 0.25) is 0 Å². The van der Waals surface area contributed by atoms with Gasteiger partial charge in [-0.25, -0.2) is 4.57 Å². The quantitative estimate of drug-likeness (QED) is 0.0242. The Hall–Kier alpha value is -2.29. The molecule has 0 saturated carbocycles. The smallest absolute Gasteiger partial charge is 0.462 e. The summed E-state index contributed by atoms with van der Waals surface area (Å²) in [4.78, 5) is 42.8.